The molecule has 15 heavy (non-hydrogen) atoms. The molecule has 0 spiro atoms. The van der Waals surface area contributed by atoms with Crippen molar-refractivity contribution in [3.05, 3.63) is 30.3 Å². The van der Waals surface area contributed by atoms with Crippen LogP contribution in [0.15, 0.2) is 30.3 Å². The van der Waals surface area contributed by atoms with Gasteiger partial charge in [0.25, 0.3) is 0 Å². The van der Waals surface area contributed by atoms with Gasteiger partial charge in [-0.3, -0.25) is 0 Å². The van der Waals surface area contributed by atoms with E-state index in [2.05, 4.69) is 14.7 Å². The molecule has 0 heterocycles. The maximum absolute atomic E-state index is 11.0. The predicted octanol–water partition coefficient (Wildman–Crippen LogP) is -0.0568. The largest absolute Gasteiger partial charge is 0.354 e. The van der Waals surface area contributed by atoms with Crippen LogP contribution in [-0.2, 0) is 14.6 Å². The van der Waals surface area contributed by atoms with Crippen molar-refractivity contribution in [2.24, 2.45) is 5.14 Å². The number of para-hydroxylation sites is 1. The number of hydrogen-bond donors (Lipinski definition) is 3. The Morgan fingerprint density at radius 2 is 1.87 bits per heavy atom. The summed E-state index contributed by atoms with van der Waals surface area (Å²) in [6.07, 6.45) is 0. The Morgan fingerprint density at radius 3 is 2.40 bits per heavy atom. The first-order chi connectivity index (χ1) is 6.97. The molecular formula is C7H9N3O4S. The predicted molar refractivity (Wildman–Crippen MR) is 52.8 cm³/mol. The summed E-state index contributed by atoms with van der Waals surface area (Å²) in [5, 5.41) is 6.80. The Labute approximate surface area is 86.4 Å². The fourth-order valence-electron chi connectivity index (χ4n) is 0.774. The Hall–Kier alpha value is -1.64. The first-order valence-corrected chi connectivity index (χ1v) is 5.28. The Kier molecular flexibility index (Phi) is 3.61. The second-order valence-corrected chi connectivity index (χ2v) is 3.65. The third-order valence-corrected chi connectivity index (χ3v) is 1.60. The molecule has 0 saturated carbocycles. The number of rotatable bonds is 3. The van der Waals surface area contributed by atoms with Gasteiger partial charge in [-0.25, -0.2) is 9.93 Å². The average Bonchev–Trinajstić information content (AvgIpc) is 2.15. The van der Waals surface area contributed by atoms with Crippen LogP contribution in [0.25, 0.3) is 0 Å². The van der Waals surface area contributed by atoms with Gasteiger partial charge in [-0.1, -0.05) is 18.2 Å². The number of hydroxylamine groups is 1. The second-order valence-electron chi connectivity index (χ2n) is 2.50. The number of carbonyl (C=O) groups is 1. The number of nitrogens with one attached hydrogen (secondary N) is 2. The van der Waals surface area contributed by atoms with Crippen LogP contribution >= 0.6 is 0 Å². The summed E-state index contributed by atoms with van der Waals surface area (Å²) in [5.41, 5.74) is 2.10. The van der Waals surface area contributed by atoms with E-state index in [9.17, 15) is 13.2 Å². The zero-order valence-electron chi connectivity index (χ0n) is 7.51. The number of hydrogen-bond acceptors (Lipinski definition) is 4. The van der Waals surface area contributed by atoms with Crippen molar-refractivity contribution in [2.75, 3.05) is 5.32 Å². The molecule has 2 amide bonds. The number of anilines is 1. The third-order valence-electron chi connectivity index (χ3n) is 1.28. The summed E-state index contributed by atoms with van der Waals surface area (Å²) in [7, 11) is -4.18. The lowest BCUT2D eigenvalue weighted by Gasteiger charge is -2.05. The Bertz CT molecular complexity index is 431. The van der Waals surface area contributed by atoms with E-state index in [1.54, 1.807) is 35.8 Å². The Morgan fingerprint density at radius 1 is 1.27 bits per heavy atom. The van der Waals surface area contributed by atoms with Crippen molar-refractivity contribution >= 4 is 22.0 Å². The first kappa shape index (κ1) is 11.4. The number of amides is 2. The van der Waals surface area contributed by atoms with Crippen molar-refractivity contribution < 1.29 is 17.5 Å². The minimum atomic E-state index is -4.18. The average molecular weight is 231 g/mol. The van der Waals surface area contributed by atoms with Crippen LogP contribution in [-0.4, -0.2) is 14.4 Å². The van der Waals surface area contributed by atoms with Gasteiger partial charge in [-0.05, 0) is 12.1 Å². The van der Waals surface area contributed by atoms with Crippen LogP contribution in [0, 0.1) is 0 Å². The molecule has 0 unspecified atom stereocenters. The van der Waals surface area contributed by atoms with Crippen molar-refractivity contribution in [2.45, 2.75) is 0 Å². The molecule has 0 aromatic heterocycles. The molecule has 1 aromatic rings. The van der Waals surface area contributed by atoms with Crippen molar-refractivity contribution in [3.8, 4) is 0 Å². The van der Waals surface area contributed by atoms with Crippen LogP contribution in [0.3, 0.4) is 0 Å². The molecule has 0 saturated heterocycles. The molecule has 0 bridgehead atoms. The first-order valence-electron chi connectivity index (χ1n) is 3.80. The molecule has 8 heteroatoms. The quantitative estimate of drug-likeness (QED) is 0.633. The monoisotopic (exact) mass is 231 g/mol. The maximum atomic E-state index is 11.0. The molecular weight excluding hydrogens is 222 g/mol. The molecule has 0 aliphatic rings. The van der Waals surface area contributed by atoms with E-state index in [0.717, 1.165) is 0 Å². The van der Waals surface area contributed by atoms with E-state index in [4.69, 9.17) is 0 Å². The maximum Gasteiger partial charge on any atom is 0.354 e. The molecule has 0 aliphatic carbocycles. The lowest BCUT2D eigenvalue weighted by atomic mass is 10.3. The molecule has 0 aliphatic heterocycles. The molecule has 1 rings (SSSR count). The highest BCUT2D eigenvalue weighted by Gasteiger charge is 2.06. The molecule has 0 fully saturated rings. The van der Waals surface area contributed by atoms with Gasteiger partial charge in [0.2, 0.25) is 0 Å². The van der Waals surface area contributed by atoms with Crippen LogP contribution in [0.4, 0.5) is 10.5 Å². The topological polar surface area (TPSA) is 111 Å². The molecule has 1 aromatic carbocycles. The summed E-state index contributed by atoms with van der Waals surface area (Å²) >= 11 is 0. The van der Waals surface area contributed by atoms with Gasteiger partial charge in [-0.2, -0.15) is 13.9 Å². The summed E-state index contributed by atoms with van der Waals surface area (Å²) in [6, 6.07) is 7.58. The minimum absolute atomic E-state index is 0.494. The molecule has 4 N–H and O–H groups in total. The van der Waals surface area contributed by atoms with Gasteiger partial charge < -0.3 is 5.32 Å². The van der Waals surface area contributed by atoms with Crippen molar-refractivity contribution in [3.63, 3.8) is 0 Å². The zero-order valence-corrected chi connectivity index (χ0v) is 8.32. The van der Waals surface area contributed by atoms with E-state index in [0.29, 0.717) is 5.69 Å². The van der Waals surface area contributed by atoms with Crippen LogP contribution in [0.1, 0.15) is 0 Å². The zero-order chi connectivity index (χ0) is 11.3. The SMILES string of the molecule is NS(=O)(=O)ONC(=O)Nc1ccccc1. The summed E-state index contributed by atoms with van der Waals surface area (Å²) in [6.45, 7) is 0. The van der Waals surface area contributed by atoms with Gasteiger partial charge in [0.05, 0.1) is 0 Å². The number of carbonyl (C=O) groups excluding carboxylic acids is 1. The van der Waals surface area contributed by atoms with E-state index in [-0.39, 0.29) is 0 Å². The molecule has 0 atom stereocenters. The van der Waals surface area contributed by atoms with E-state index >= 15 is 0 Å². The third kappa shape index (κ3) is 4.96. The highest BCUT2D eigenvalue weighted by molar-refractivity contribution is 7.84. The smallest absolute Gasteiger partial charge is 0.306 e. The number of nitrogens with two attached hydrogens (primary N) is 1. The summed E-state index contributed by atoms with van der Waals surface area (Å²) in [5.74, 6) is 0. The lowest BCUT2D eigenvalue weighted by molar-refractivity contribution is 0.193. The van der Waals surface area contributed by atoms with Gasteiger partial charge in [-0.15, -0.1) is 4.28 Å². The van der Waals surface area contributed by atoms with Crippen molar-refractivity contribution in [1.29, 1.82) is 0 Å². The summed E-state index contributed by atoms with van der Waals surface area (Å²) < 4.78 is 24.5. The molecule has 0 radical (unpaired) electrons. The fraction of sp³-hybridized carbons (Fsp3) is 0. The van der Waals surface area contributed by atoms with Crippen molar-refractivity contribution in [1.82, 2.24) is 5.48 Å². The highest BCUT2D eigenvalue weighted by atomic mass is 32.2. The van der Waals surface area contributed by atoms with Crippen LogP contribution < -0.4 is 15.9 Å². The van der Waals surface area contributed by atoms with Gasteiger partial charge in [0.1, 0.15) is 0 Å². The van der Waals surface area contributed by atoms with Crippen LogP contribution in [0.2, 0.25) is 0 Å². The Balaban J connectivity index is 2.44. The second kappa shape index (κ2) is 4.73. The van der Waals surface area contributed by atoms with Crippen LogP contribution in [0.5, 0.6) is 0 Å². The van der Waals surface area contributed by atoms with E-state index < -0.39 is 16.3 Å². The molecule has 7 nitrogen and oxygen atoms in total. The fourth-order valence-corrected chi connectivity index (χ4v) is 0.966. The van der Waals surface area contributed by atoms with Gasteiger partial charge in [0.15, 0.2) is 0 Å². The minimum Gasteiger partial charge on any atom is -0.306 e. The van der Waals surface area contributed by atoms with E-state index in [1.807, 2.05) is 0 Å². The van der Waals surface area contributed by atoms with Gasteiger partial charge >= 0.3 is 16.3 Å². The number of urea groups is 1. The lowest BCUT2D eigenvalue weighted by Crippen LogP contribution is -2.33. The van der Waals surface area contributed by atoms with E-state index in [1.165, 1.54) is 0 Å². The van der Waals surface area contributed by atoms with Gasteiger partial charge in [0, 0.05) is 5.69 Å². The number of benzene rings is 1. The summed E-state index contributed by atoms with van der Waals surface area (Å²) in [4.78, 5) is 11.0. The molecule has 82 valence electrons. The normalized spacial score (nSPS) is 10.7. The standard InChI is InChI=1S/C7H9N3O4S/c8-15(12,13)14-10-7(11)9-6-4-2-1-3-5-6/h1-5H,(H2,8,12,13)(H2,9,10,11). The highest BCUT2D eigenvalue weighted by Crippen LogP contribution is 2.03.